The topological polar surface area (TPSA) is 50.4 Å². The fraction of sp³-hybridized carbons (Fsp3) is 0.900. The quantitative estimate of drug-likeness (QED) is 0.670. The molecule has 1 fully saturated rings. The first kappa shape index (κ1) is 11.5. The molecule has 1 aliphatic rings. The zero-order chi connectivity index (χ0) is 10.2. The maximum absolute atomic E-state index is 11.0. The van der Waals surface area contributed by atoms with Gasteiger partial charge in [0, 0.05) is 12.6 Å². The highest BCUT2D eigenvalue weighted by Crippen LogP contribution is 2.06. The predicted octanol–water partition coefficient (Wildman–Crippen LogP) is 0.281. The average molecular weight is 200 g/mol. The molecule has 1 unspecified atom stereocenters. The lowest BCUT2D eigenvalue weighted by molar-refractivity contribution is -0.125. The van der Waals surface area contributed by atoms with Gasteiger partial charge in [0.05, 0.1) is 6.61 Å². The molecule has 2 N–H and O–H groups in total. The van der Waals surface area contributed by atoms with E-state index in [9.17, 15) is 4.79 Å². The van der Waals surface area contributed by atoms with E-state index in [-0.39, 0.29) is 12.5 Å². The van der Waals surface area contributed by atoms with Crippen molar-refractivity contribution in [2.45, 2.75) is 32.2 Å². The Kier molecular flexibility index (Phi) is 5.56. The van der Waals surface area contributed by atoms with Crippen LogP contribution in [0.1, 0.15) is 26.2 Å². The zero-order valence-corrected chi connectivity index (χ0v) is 8.84. The molecule has 1 amide bonds. The number of rotatable bonds is 5. The summed E-state index contributed by atoms with van der Waals surface area (Å²) in [5, 5.41) is 6.07. The first-order valence-corrected chi connectivity index (χ1v) is 5.40. The predicted molar refractivity (Wildman–Crippen MR) is 55.1 cm³/mol. The highest BCUT2D eigenvalue weighted by molar-refractivity contribution is 5.77. The first-order chi connectivity index (χ1) is 6.83. The minimum atomic E-state index is -0.0247. The van der Waals surface area contributed by atoms with Gasteiger partial charge >= 0.3 is 0 Å². The molecule has 1 heterocycles. The average Bonchev–Trinajstić information content (AvgIpc) is 2.20. The van der Waals surface area contributed by atoms with Gasteiger partial charge in [-0.1, -0.05) is 6.42 Å². The molecule has 0 aromatic heterocycles. The summed E-state index contributed by atoms with van der Waals surface area (Å²) in [4.78, 5) is 11.0. The van der Waals surface area contributed by atoms with Crippen LogP contribution in [-0.4, -0.2) is 38.3 Å². The number of piperidine rings is 1. The van der Waals surface area contributed by atoms with Gasteiger partial charge in [-0.05, 0) is 26.3 Å². The molecule has 14 heavy (non-hydrogen) atoms. The number of nitrogens with one attached hydrogen (secondary N) is 2. The molecule has 82 valence electrons. The summed E-state index contributed by atoms with van der Waals surface area (Å²) in [7, 11) is 0. The third kappa shape index (κ3) is 4.58. The second kappa shape index (κ2) is 6.79. The minimum absolute atomic E-state index is 0.0247. The van der Waals surface area contributed by atoms with Crippen LogP contribution in [0, 0.1) is 0 Å². The number of amides is 1. The Hall–Kier alpha value is -0.610. The van der Waals surface area contributed by atoms with Gasteiger partial charge in [0.1, 0.15) is 6.61 Å². The van der Waals surface area contributed by atoms with Crippen molar-refractivity contribution < 1.29 is 9.53 Å². The molecular formula is C10H20N2O2. The second-order valence-corrected chi connectivity index (χ2v) is 3.62. The van der Waals surface area contributed by atoms with Crippen LogP contribution >= 0.6 is 0 Å². The van der Waals surface area contributed by atoms with Crippen molar-refractivity contribution in [3.05, 3.63) is 0 Å². The van der Waals surface area contributed by atoms with Crippen LogP contribution in [0.15, 0.2) is 0 Å². The van der Waals surface area contributed by atoms with Crippen LogP contribution < -0.4 is 10.6 Å². The molecule has 1 atom stereocenters. The van der Waals surface area contributed by atoms with Crippen LogP contribution in [0.2, 0.25) is 0 Å². The third-order valence-corrected chi connectivity index (χ3v) is 2.34. The van der Waals surface area contributed by atoms with Crippen molar-refractivity contribution in [1.29, 1.82) is 0 Å². The largest absolute Gasteiger partial charge is 0.370 e. The lowest BCUT2D eigenvalue weighted by Crippen LogP contribution is -2.38. The van der Waals surface area contributed by atoms with E-state index in [4.69, 9.17) is 4.74 Å². The summed E-state index contributed by atoms with van der Waals surface area (Å²) in [6.07, 6.45) is 3.68. The molecule has 1 rings (SSSR count). The van der Waals surface area contributed by atoms with E-state index in [1.807, 2.05) is 6.92 Å². The molecule has 0 spiro atoms. The number of carbonyl (C=O) groups excluding carboxylic acids is 1. The second-order valence-electron chi connectivity index (χ2n) is 3.62. The Morgan fingerprint density at radius 1 is 1.57 bits per heavy atom. The summed E-state index contributed by atoms with van der Waals surface area (Å²) in [6.45, 7) is 4.49. The van der Waals surface area contributed by atoms with Gasteiger partial charge in [0.25, 0.3) is 0 Å². The van der Waals surface area contributed by atoms with E-state index >= 15 is 0 Å². The van der Waals surface area contributed by atoms with Crippen LogP contribution in [0.25, 0.3) is 0 Å². The number of ether oxygens (including phenoxy) is 1. The Morgan fingerprint density at radius 3 is 3.07 bits per heavy atom. The van der Waals surface area contributed by atoms with Crippen LogP contribution in [0.3, 0.4) is 0 Å². The van der Waals surface area contributed by atoms with E-state index < -0.39 is 0 Å². The maximum Gasteiger partial charge on any atom is 0.245 e. The highest BCUT2D eigenvalue weighted by Gasteiger charge is 2.12. The standard InChI is InChI=1S/C10H20N2O2/c1-2-11-10(13)8-14-7-9-5-3-4-6-12-9/h9,12H,2-8H2,1H3,(H,11,13). The molecule has 4 nitrogen and oxygen atoms in total. The van der Waals surface area contributed by atoms with Crippen molar-refractivity contribution >= 4 is 5.91 Å². The SMILES string of the molecule is CCNC(=O)COCC1CCCCN1. The summed E-state index contributed by atoms with van der Waals surface area (Å²) < 4.78 is 5.31. The highest BCUT2D eigenvalue weighted by atomic mass is 16.5. The molecule has 4 heteroatoms. The Balaban J connectivity index is 1.99. The zero-order valence-electron chi connectivity index (χ0n) is 8.84. The van der Waals surface area contributed by atoms with Crippen molar-refractivity contribution in [2.75, 3.05) is 26.3 Å². The normalized spacial score (nSPS) is 21.9. The van der Waals surface area contributed by atoms with E-state index in [0.717, 1.165) is 13.0 Å². The molecule has 0 aromatic rings. The molecule has 0 aliphatic carbocycles. The monoisotopic (exact) mass is 200 g/mol. The van der Waals surface area contributed by atoms with Crippen LogP contribution in [0.5, 0.6) is 0 Å². The molecular weight excluding hydrogens is 180 g/mol. The smallest absolute Gasteiger partial charge is 0.245 e. The van der Waals surface area contributed by atoms with Gasteiger partial charge in [-0.25, -0.2) is 0 Å². The van der Waals surface area contributed by atoms with E-state index in [2.05, 4.69) is 10.6 Å². The van der Waals surface area contributed by atoms with Crippen molar-refractivity contribution in [2.24, 2.45) is 0 Å². The molecule has 0 bridgehead atoms. The van der Waals surface area contributed by atoms with Crippen LogP contribution in [-0.2, 0) is 9.53 Å². The third-order valence-electron chi connectivity index (χ3n) is 2.34. The van der Waals surface area contributed by atoms with Crippen molar-refractivity contribution in [1.82, 2.24) is 10.6 Å². The number of likely N-dealkylation sites (N-methyl/N-ethyl adjacent to an activating group) is 1. The fourth-order valence-corrected chi connectivity index (χ4v) is 1.61. The molecule has 0 aromatic carbocycles. The lowest BCUT2D eigenvalue weighted by atomic mass is 10.1. The Bertz CT molecular complexity index is 168. The van der Waals surface area contributed by atoms with E-state index in [1.54, 1.807) is 0 Å². The van der Waals surface area contributed by atoms with Gasteiger partial charge in [-0.3, -0.25) is 4.79 Å². The van der Waals surface area contributed by atoms with Gasteiger partial charge in [-0.15, -0.1) is 0 Å². The number of hydrogen-bond donors (Lipinski definition) is 2. The molecule has 0 saturated carbocycles. The van der Waals surface area contributed by atoms with Crippen molar-refractivity contribution in [3.8, 4) is 0 Å². The molecule has 1 saturated heterocycles. The van der Waals surface area contributed by atoms with Gasteiger partial charge in [0.2, 0.25) is 5.91 Å². The fourth-order valence-electron chi connectivity index (χ4n) is 1.61. The summed E-state index contributed by atoms with van der Waals surface area (Å²) >= 11 is 0. The Morgan fingerprint density at radius 2 is 2.43 bits per heavy atom. The van der Waals surface area contributed by atoms with Crippen molar-refractivity contribution in [3.63, 3.8) is 0 Å². The molecule has 1 aliphatic heterocycles. The number of hydrogen-bond acceptors (Lipinski definition) is 3. The number of carbonyl (C=O) groups is 1. The minimum Gasteiger partial charge on any atom is -0.370 e. The van der Waals surface area contributed by atoms with E-state index in [0.29, 0.717) is 19.2 Å². The summed E-state index contributed by atoms with van der Waals surface area (Å²) in [5.41, 5.74) is 0. The molecule has 0 radical (unpaired) electrons. The lowest BCUT2D eigenvalue weighted by Gasteiger charge is -2.22. The summed E-state index contributed by atoms with van der Waals surface area (Å²) in [5.74, 6) is -0.0247. The van der Waals surface area contributed by atoms with Gasteiger partial charge in [-0.2, -0.15) is 0 Å². The maximum atomic E-state index is 11.0. The summed E-state index contributed by atoms with van der Waals surface area (Å²) in [6, 6.07) is 0.443. The van der Waals surface area contributed by atoms with E-state index in [1.165, 1.54) is 12.8 Å². The van der Waals surface area contributed by atoms with Gasteiger partial charge in [0.15, 0.2) is 0 Å². The Labute approximate surface area is 85.4 Å². The van der Waals surface area contributed by atoms with Gasteiger partial charge < -0.3 is 15.4 Å². The van der Waals surface area contributed by atoms with Crippen LogP contribution in [0.4, 0.5) is 0 Å². The first-order valence-electron chi connectivity index (χ1n) is 5.40.